The Morgan fingerprint density at radius 1 is 1.24 bits per heavy atom. The van der Waals surface area contributed by atoms with E-state index in [1.165, 1.54) is 6.92 Å². The van der Waals surface area contributed by atoms with Crippen LogP contribution in [0.15, 0.2) is 0 Å². The molecule has 1 aliphatic heterocycles. The first-order valence-corrected chi connectivity index (χ1v) is 5.99. The average Bonchev–Trinajstić information content (AvgIpc) is 2.27. The van der Waals surface area contributed by atoms with Gasteiger partial charge in [0, 0.05) is 33.1 Å². The van der Waals surface area contributed by atoms with Crippen LogP contribution in [0.1, 0.15) is 19.8 Å². The minimum absolute atomic E-state index is 0.0354. The highest BCUT2D eigenvalue weighted by Crippen LogP contribution is 2.08. The number of likely N-dealkylation sites (tertiary alicyclic amines) is 1. The molecule has 0 atom stereocenters. The molecular formula is C11H21N3O3. The van der Waals surface area contributed by atoms with Crippen LogP contribution in [-0.4, -0.2) is 60.6 Å². The Bertz CT molecular complexity index is 263. The molecule has 1 saturated heterocycles. The highest BCUT2D eigenvalue weighted by atomic mass is 16.3. The normalized spacial score (nSPS) is 17.8. The van der Waals surface area contributed by atoms with Gasteiger partial charge < -0.3 is 15.7 Å². The van der Waals surface area contributed by atoms with E-state index >= 15 is 0 Å². The molecule has 1 rings (SSSR count). The van der Waals surface area contributed by atoms with Crippen LogP contribution in [0, 0.1) is 0 Å². The number of aliphatic hydroxyl groups is 1. The number of carbonyl (C=O) groups is 2. The number of amides is 2. The number of hydrogen-bond donors (Lipinski definition) is 3. The van der Waals surface area contributed by atoms with Gasteiger partial charge in [-0.2, -0.15) is 0 Å². The lowest BCUT2D eigenvalue weighted by Crippen LogP contribution is -2.44. The van der Waals surface area contributed by atoms with Crippen molar-refractivity contribution < 1.29 is 14.7 Å². The molecule has 17 heavy (non-hydrogen) atoms. The summed E-state index contributed by atoms with van der Waals surface area (Å²) in [6.07, 6.45) is 1.26. The third kappa shape index (κ3) is 6.23. The Kier molecular flexibility index (Phi) is 5.93. The Morgan fingerprint density at radius 2 is 1.82 bits per heavy atom. The number of rotatable bonds is 5. The average molecular weight is 243 g/mol. The van der Waals surface area contributed by atoms with Gasteiger partial charge in [0.25, 0.3) is 0 Å². The standard InChI is InChI=1S/C11H21N3O3/c1-9(15)12-4-5-13-11(17)8-14-6-2-10(16)3-7-14/h10,16H,2-8H2,1H3,(H,12,15)(H,13,17). The topological polar surface area (TPSA) is 81.7 Å². The van der Waals surface area contributed by atoms with E-state index in [9.17, 15) is 14.7 Å². The molecule has 0 aliphatic carbocycles. The second-order valence-electron chi connectivity index (χ2n) is 4.34. The molecule has 1 aliphatic rings. The summed E-state index contributed by atoms with van der Waals surface area (Å²) in [5, 5.41) is 14.7. The van der Waals surface area contributed by atoms with Gasteiger partial charge in [0.05, 0.1) is 12.6 Å². The highest BCUT2D eigenvalue weighted by Gasteiger charge is 2.18. The lowest BCUT2D eigenvalue weighted by Gasteiger charge is -2.28. The van der Waals surface area contributed by atoms with Crippen molar-refractivity contribution in [3.8, 4) is 0 Å². The van der Waals surface area contributed by atoms with Gasteiger partial charge in [-0.1, -0.05) is 0 Å². The molecule has 0 aromatic heterocycles. The molecule has 0 spiro atoms. The van der Waals surface area contributed by atoms with Crippen LogP contribution in [0.3, 0.4) is 0 Å². The van der Waals surface area contributed by atoms with Crippen molar-refractivity contribution in [2.45, 2.75) is 25.9 Å². The predicted octanol–water partition coefficient (Wildman–Crippen LogP) is -1.30. The Labute approximate surface area is 101 Å². The van der Waals surface area contributed by atoms with Crippen LogP contribution in [-0.2, 0) is 9.59 Å². The summed E-state index contributed by atoms with van der Waals surface area (Å²) in [6.45, 7) is 4.25. The van der Waals surface area contributed by atoms with Gasteiger partial charge >= 0.3 is 0 Å². The predicted molar refractivity (Wildman–Crippen MR) is 63.4 cm³/mol. The number of nitrogens with zero attached hydrogens (tertiary/aromatic N) is 1. The Balaban J connectivity index is 2.06. The minimum Gasteiger partial charge on any atom is -0.393 e. The van der Waals surface area contributed by atoms with Crippen molar-refractivity contribution in [3.05, 3.63) is 0 Å². The maximum Gasteiger partial charge on any atom is 0.234 e. The van der Waals surface area contributed by atoms with E-state index in [1.54, 1.807) is 0 Å². The first kappa shape index (κ1) is 13.9. The lowest BCUT2D eigenvalue weighted by atomic mass is 10.1. The third-order valence-corrected chi connectivity index (χ3v) is 2.75. The fraction of sp³-hybridized carbons (Fsp3) is 0.818. The highest BCUT2D eigenvalue weighted by molar-refractivity contribution is 5.78. The summed E-state index contributed by atoms with van der Waals surface area (Å²) < 4.78 is 0. The maximum absolute atomic E-state index is 11.5. The largest absolute Gasteiger partial charge is 0.393 e. The van der Waals surface area contributed by atoms with Gasteiger partial charge in [0.2, 0.25) is 11.8 Å². The molecule has 3 N–H and O–H groups in total. The molecule has 98 valence electrons. The van der Waals surface area contributed by atoms with Crippen molar-refractivity contribution in [1.82, 2.24) is 15.5 Å². The molecular weight excluding hydrogens is 222 g/mol. The Morgan fingerprint density at radius 3 is 2.41 bits per heavy atom. The van der Waals surface area contributed by atoms with Gasteiger partial charge in [0.15, 0.2) is 0 Å². The summed E-state index contributed by atoms with van der Waals surface area (Å²) in [4.78, 5) is 24.1. The summed E-state index contributed by atoms with van der Waals surface area (Å²) in [5.41, 5.74) is 0. The molecule has 0 aromatic rings. The second kappa shape index (κ2) is 7.24. The molecule has 0 bridgehead atoms. The molecule has 1 heterocycles. The Hall–Kier alpha value is -1.14. The van der Waals surface area contributed by atoms with E-state index in [0.29, 0.717) is 19.6 Å². The van der Waals surface area contributed by atoms with Crippen molar-refractivity contribution in [2.24, 2.45) is 0 Å². The summed E-state index contributed by atoms with van der Waals surface area (Å²) >= 11 is 0. The zero-order valence-electron chi connectivity index (χ0n) is 10.2. The van der Waals surface area contributed by atoms with Crippen molar-refractivity contribution in [1.29, 1.82) is 0 Å². The number of piperidine rings is 1. The summed E-state index contributed by atoms with van der Waals surface area (Å²) in [6, 6.07) is 0. The monoisotopic (exact) mass is 243 g/mol. The maximum atomic E-state index is 11.5. The van der Waals surface area contributed by atoms with Gasteiger partial charge in [-0.25, -0.2) is 0 Å². The minimum atomic E-state index is -0.214. The van der Waals surface area contributed by atoms with Crippen LogP contribution in [0.2, 0.25) is 0 Å². The fourth-order valence-electron chi connectivity index (χ4n) is 1.78. The molecule has 1 fully saturated rings. The van der Waals surface area contributed by atoms with Crippen molar-refractivity contribution in [3.63, 3.8) is 0 Å². The van der Waals surface area contributed by atoms with E-state index in [2.05, 4.69) is 10.6 Å². The fourth-order valence-corrected chi connectivity index (χ4v) is 1.78. The molecule has 2 amide bonds. The van der Waals surface area contributed by atoms with Crippen molar-refractivity contribution in [2.75, 3.05) is 32.7 Å². The third-order valence-electron chi connectivity index (χ3n) is 2.75. The molecule has 0 saturated carbocycles. The first-order chi connectivity index (χ1) is 8.08. The first-order valence-electron chi connectivity index (χ1n) is 5.99. The molecule has 0 radical (unpaired) electrons. The van der Waals surface area contributed by atoms with E-state index in [0.717, 1.165) is 25.9 Å². The molecule has 6 heteroatoms. The van der Waals surface area contributed by atoms with Gasteiger partial charge in [-0.3, -0.25) is 14.5 Å². The number of carbonyl (C=O) groups excluding carboxylic acids is 2. The second-order valence-corrected chi connectivity index (χ2v) is 4.34. The summed E-state index contributed by atoms with van der Waals surface area (Å²) in [5.74, 6) is -0.129. The van der Waals surface area contributed by atoms with E-state index < -0.39 is 0 Å². The van der Waals surface area contributed by atoms with E-state index in [-0.39, 0.29) is 17.9 Å². The van der Waals surface area contributed by atoms with Crippen LogP contribution in [0.5, 0.6) is 0 Å². The van der Waals surface area contributed by atoms with Crippen LogP contribution < -0.4 is 10.6 Å². The van der Waals surface area contributed by atoms with Crippen LogP contribution in [0.4, 0.5) is 0 Å². The SMILES string of the molecule is CC(=O)NCCNC(=O)CN1CCC(O)CC1. The van der Waals surface area contributed by atoms with E-state index in [4.69, 9.17) is 0 Å². The molecule has 0 aromatic carbocycles. The lowest BCUT2D eigenvalue weighted by molar-refractivity contribution is -0.123. The van der Waals surface area contributed by atoms with Gasteiger partial charge in [-0.05, 0) is 12.8 Å². The number of nitrogens with one attached hydrogen (secondary N) is 2. The summed E-state index contributed by atoms with van der Waals surface area (Å²) in [7, 11) is 0. The van der Waals surface area contributed by atoms with Gasteiger partial charge in [-0.15, -0.1) is 0 Å². The van der Waals surface area contributed by atoms with Crippen LogP contribution in [0.25, 0.3) is 0 Å². The molecule has 6 nitrogen and oxygen atoms in total. The van der Waals surface area contributed by atoms with E-state index in [1.807, 2.05) is 4.90 Å². The smallest absolute Gasteiger partial charge is 0.234 e. The van der Waals surface area contributed by atoms with Crippen LogP contribution >= 0.6 is 0 Å². The quantitative estimate of drug-likeness (QED) is 0.524. The number of hydrogen-bond acceptors (Lipinski definition) is 4. The van der Waals surface area contributed by atoms with Crippen molar-refractivity contribution >= 4 is 11.8 Å². The zero-order chi connectivity index (χ0) is 12.7. The van der Waals surface area contributed by atoms with Gasteiger partial charge in [0.1, 0.15) is 0 Å². The zero-order valence-corrected chi connectivity index (χ0v) is 10.2. The molecule has 0 unspecified atom stereocenters. The number of aliphatic hydroxyl groups excluding tert-OH is 1.